The van der Waals surface area contributed by atoms with Crippen LogP contribution in [0.1, 0.15) is 37.7 Å². The molecule has 6 heteroatoms. The Kier molecular flexibility index (Phi) is 8.25. The number of hydrogen-bond acceptors (Lipinski definition) is 3. The van der Waals surface area contributed by atoms with Crippen LogP contribution >= 0.6 is 0 Å². The predicted octanol–water partition coefficient (Wildman–Crippen LogP) is 2.58. The summed E-state index contributed by atoms with van der Waals surface area (Å²) in [4.78, 5) is 22.7. The van der Waals surface area contributed by atoms with Gasteiger partial charge in [-0.25, -0.2) is 4.79 Å². The van der Waals surface area contributed by atoms with Crippen LogP contribution in [0.4, 0.5) is 4.79 Å². The Morgan fingerprint density at radius 1 is 1.08 bits per heavy atom. The highest BCUT2D eigenvalue weighted by Gasteiger charge is 2.26. The Balaban J connectivity index is 1.45. The van der Waals surface area contributed by atoms with Gasteiger partial charge in [0.1, 0.15) is 0 Å². The minimum absolute atomic E-state index is 0.0812. The Morgan fingerprint density at radius 3 is 2.48 bits per heavy atom. The van der Waals surface area contributed by atoms with Crippen molar-refractivity contribution in [1.29, 1.82) is 0 Å². The third-order valence-electron chi connectivity index (χ3n) is 4.54. The number of benzene rings is 1. The minimum Gasteiger partial charge on any atom is -0.481 e. The normalized spacial score (nSPS) is 20.0. The zero-order valence-electron chi connectivity index (χ0n) is 14.6. The lowest BCUT2D eigenvalue weighted by molar-refractivity contribution is -0.142. The Labute approximate surface area is 149 Å². The van der Waals surface area contributed by atoms with E-state index in [-0.39, 0.29) is 18.0 Å². The summed E-state index contributed by atoms with van der Waals surface area (Å²) in [6.45, 7) is 1.88. The molecule has 1 saturated carbocycles. The molecular formula is C19H28N2O4. The van der Waals surface area contributed by atoms with Crippen LogP contribution in [-0.4, -0.2) is 42.9 Å². The lowest BCUT2D eigenvalue weighted by Gasteiger charge is -2.26. The number of carbonyl (C=O) groups is 2. The number of urea groups is 1. The summed E-state index contributed by atoms with van der Waals surface area (Å²) in [6.07, 6.45) is 4.40. The number of hydrogen-bond donors (Lipinski definition) is 3. The molecule has 1 aromatic rings. The van der Waals surface area contributed by atoms with Crippen LogP contribution in [0.5, 0.6) is 0 Å². The molecule has 2 rings (SSSR count). The first kappa shape index (κ1) is 19.2. The number of nitrogens with one attached hydrogen (secondary N) is 2. The summed E-state index contributed by atoms with van der Waals surface area (Å²) in [5.41, 5.74) is 1.26. The Morgan fingerprint density at radius 2 is 1.80 bits per heavy atom. The maximum Gasteiger partial charge on any atom is 0.315 e. The van der Waals surface area contributed by atoms with Crippen molar-refractivity contribution in [2.75, 3.05) is 19.8 Å². The maximum atomic E-state index is 11.8. The van der Waals surface area contributed by atoms with Crippen LogP contribution in [0.3, 0.4) is 0 Å². The van der Waals surface area contributed by atoms with Gasteiger partial charge in [0.2, 0.25) is 0 Å². The van der Waals surface area contributed by atoms with Crippen molar-refractivity contribution in [3.63, 3.8) is 0 Å². The smallest absolute Gasteiger partial charge is 0.315 e. The van der Waals surface area contributed by atoms with Crippen LogP contribution in [0.25, 0.3) is 0 Å². The van der Waals surface area contributed by atoms with Gasteiger partial charge in [0.15, 0.2) is 0 Å². The SMILES string of the molecule is O=C(NCCCOCCc1ccccc1)NC1CCC(C(=O)O)CC1. The molecule has 0 saturated heterocycles. The number of ether oxygens (including phenoxy) is 1. The molecule has 0 bridgehead atoms. The van der Waals surface area contributed by atoms with Crippen LogP contribution in [0, 0.1) is 5.92 Å². The summed E-state index contributed by atoms with van der Waals surface area (Å²) in [5, 5.41) is 14.7. The summed E-state index contributed by atoms with van der Waals surface area (Å²) in [5.74, 6) is -0.982. The van der Waals surface area contributed by atoms with Gasteiger partial charge >= 0.3 is 12.0 Å². The topological polar surface area (TPSA) is 87.7 Å². The van der Waals surface area contributed by atoms with E-state index >= 15 is 0 Å². The van der Waals surface area contributed by atoms with E-state index in [1.54, 1.807) is 0 Å². The van der Waals surface area contributed by atoms with Gasteiger partial charge in [-0.2, -0.15) is 0 Å². The molecule has 6 nitrogen and oxygen atoms in total. The second-order valence-electron chi connectivity index (χ2n) is 6.49. The van der Waals surface area contributed by atoms with E-state index in [1.165, 1.54) is 5.56 Å². The van der Waals surface area contributed by atoms with Crippen molar-refractivity contribution < 1.29 is 19.4 Å². The molecule has 1 fully saturated rings. The zero-order chi connectivity index (χ0) is 17.9. The summed E-state index contributed by atoms with van der Waals surface area (Å²) in [7, 11) is 0. The van der Waals surface area contributed by atoms with Crippen molar-refractivity contribution in [1.82, 2.24) is 10.6 Å². The third-order valence-corrected chi connectivity index (χ3v) is 4.54. The molecule has 1 aliphatic carbocycles. The fraction of sp³-hybridized carbons (Fsp3) is 0.579. The molecule has 0 spiro atoms. The first-order valence-corrected chi connectivity index (χ1v) is 9.04. The lowest BCUT2D eigenvalue weighted by atomic mass is 9.86. The molecule has 0 atom stereocenters. The number of carbonyl (C=O) groups excluding carboxylic acids is 1. The number of aliphatic carboxylic acids is 1. The van der Waals surface area contributed by atoms with E-state index in [0.29, 0.717) is 32.6 Å². The predicted molar refractivity (Wildman–Crippen MR) is 95.5 cm³/mol. The van der Waals surface area contributed by atoms with Crippen molar-refractivity contribution in [3.8, 4) is 0 Å². The monoisotopic (exact) mass is 348 g/mol. The molecule has 3 N–H and O–H groups in total. The van der Waals surface area contributed by atoms with Gasteiger partial charge in [0.05, 0.1) is 12.5 Å². The molecule has 0 aliphatic heterocycles. The van der Waals surface area contributed by atoms with Gasteiger partial charge < -0.3 is 20.5 Å². The lowest BCUT2D eigenvalue weighted by Crippen LogP contribution is -2.44. The second-order valence-corrected chi connectivity index (χ2v) is 6.49. The van der Waals surface area contributed by atoms with E-state index in [1.807, 2.05) is 18.2 Å². The van der Waals surface area contributed by atoms with Gasteiger partial charge in [-0.15, -0.1) is 0 Å². The highest BCUT2D eigenvalue weighted by molar-refractivity contribution is 5.74. The number of amides is 2. The highest BCUT2D eigenvalue weighted by atomic mass is 16.5. The van der Waals surface area contributed by atoms with Crippen LogP contribution in [0.2, 0.25) is 0 Å². The molecule has 0 aromatic heterocycles. The Hall–Kier alpha value is -2.08. The standard InChI is InChI=1S/C19H28N2O4/c22-18(23)16-7-9-17(10-8-16)21-19(24)20-12-4-13-25-14-11-15-5-2-1-3-6-15/h1-3,5-6,16-17H,4,7-14H2,(H,22,23)(H2,20,21,24). The van der Waals surface area contributed by atoms with E-state index in [0.717, 1.165) is 25.7 Å². The fourth-order valence-electron chi connectivity index (χ4n) is 3.03. The van der Waals surface area contributed by atoms with Gasteiger partial charge in [-0.05, 0) is 44.1 Å². The number of carboxylic acids is 1. The number of rotatable bonds is 9. The van der Waals surface area contributed by atoms with Crippen molar-refractivity contribution in [3.05, 3.63) is 35.9 Å². The average molecular weight is 348 g/mol. The van der Waals surface area contributed by atoms with Crippen molar-refractivity contribution in [2.24, 2.45) is 5.92 Å². The van der Waals surface area contributed by atoms with E-state index < -0.39 is 5.97 Å². The van der Waals surface area contributed by atoms with Gasteiger partial charge in [-0.3, -0.25) is 4.79 Å². The Bertz CT molecular complexity index is 527. The van der Waals surface area contributed by atoms with E-state index in [2.05, 4.69) is 22.8 Å². The van der Waals surface area contributed by atoms with Crippen LogP contribution in [0.15, 0.2) is 30.3 Å². The summed E-state index contributed by atoms with van der Waals surface area (Å²) >= 11 is 0. The van der Waals surface area contributed by atoms with Gasteiger partial charge in [-0.1, -0.05) is 30.3 Å². The fourth-order valence-corrected chi connectivity index (χ4v) is 3.03. The van der Waals surface area contributed by atoms with Gasteiger partial charge in [0.25, 0.3) is 0 Å². The van der Waals surface area contributed by atoms with Crippen molar-refractivity contribution in [2.45, 2.75) is 44.6 Å². The second kappa shape index (κ2) is 10.7. The highest BCUT2D eigenvalue weighted by Crippen LogP contribution is 2.24. The molecular weight excluding hydrogens is 320 g/mol. The van der Waals surface area contributed by atoms with Crippen LogP contribution in [-0.2, 0) is 16.0 Å². The molecule has 25 heavy (non-hydrogen) atoms. The van der Waals surface area contributed by atoms with Crippen molar-refractivity contribution >= 4 is 12.0 Å². The van der Waals surface area contributed by atoms with Crippen LogP contribution < -0.4 is 10.6 Å². The van der Waals surface area contributed by atoms with Gasteiger partial charge in [0, 0.05) is 19.2 Å². The quantitative estimate of drug-likeness (QED) is 0.599. The molecule has 0 heterocycles. The zero-order valence-corrected chi connectivity index (χ0v) is 14.6. The van der Waals surface area contributed by atoms with E-state index in [4.69, 9.17) is 9.84 Å². The number of carboxylic acid groups (broad SMARTS) is 1. The molecule has 0 unspecified atom stereocenters. The molecule has 138 valence electrons. The molecule has 1 aliphatic rings. The summed E-state index contributed by atoms with van der Waals surface area (Å²) < 4.78 is 5.58. The maximum absolute atomic E-state index is 11.8. The minimum atomic E-state index is -0.727. The third kappa shape index (κ3) is 7.56. The molecule has 1 aromatic carbocycles. The van der Waals surface area contributed by atoms with E-state index in [9.17, 15) is 9.59 Å². The first-order valence-electron chi connectivity index (χ1n) is 9.04. The largest absolute Gasteiger partial charge is 0.481 e. The molecule has 2 amide bonds. The molecule has 0 radical (unpaired) electrons. The average Bonchev–Trinajstić information content (AvgIpc) is 2.62. The first-order chi connectivity index (χ1) is 12.1. The summed E-state index contributed by atoms with van der Waals surface area (Å²) in [6, 6.07) is 10.1.